The fourth-order valence-corrected chi connectivity index (χ4v) is 3.16. The zero-order valence-electron chi connectivity index (χ0n) is 12.5. The first-order chi connectivity index (χ1) is 12.2. The van der Waals surface area contributed by atoms with Crippen molar-refractivity contribution < 1.29 is 18.0 Å². The van der Waals surface area contributed by atoms with Crippen LogP contribution in [0.4, 0.5) is 13.2 Å². The normalized spacial score (nSPS) is 19.7. The molecule has 0 amide bonds. The third-order valence-electron chi connectivity index (χ3n) is 3.64. The molecule has 2 heterocycles. The molecule has 0 aliphatic carbocycles. The van der Waals surface area contributed by atoms with Crippen molar-refractivity contribution in [1.82, 2.24) is 10.5 Å². The number of nitriles is 1. The summed E-state index contributed by atoms with van der Waals surface area (Å²) in [5, 5.41) is 8.91. The molecule has 1 atom stereocenters. The maximum Gasteiger partial charge on any atom is 0.428 e. The minimum Gasteiger partial charge on any atom is -0.265 e. The van der Waals surface area contributed by atoms with Crippen molar-refractivity contribution >= 4 is 40.5 Å². The third kappa shape index (κ3) is 3.21. The monoisotopic (exact) mass is 419 g/mol. The fourth-order valence-electron chi connectivity index (χ4n) is 2.42. The Morgan fingerprint density at radius 1 is 1.12 bits per heavy atom. The van der Waals surface area contributed by atoms with Gasteiger partial charge in [0.05, 0.1) is 10.7 Å². The van der Waals surface area contributed by atoms with Gasteiger partial charge in [-0.15, -0.1) is 0 Å². The van der Waals surface area contributed by atoms with Crippen molar-refractivity contribution in [2.24, 2.45) is 0 Å². The Hall–Kier alpha value is -1.98. The van der Waals surface area contributed by atoms with E-state index in [1.165, 1.54) is 18.3 Å². The molecule has 1 N–H and O–H groups in total. The summed E-state index contributed by atoms with van der Waals surface area (Å²) in [6, 6.07) is 6.63. The number of halogens is 6. The summed E-state index contributed by atoms with van der Waals surface area (Å²) < 4.78 is 41.6. The highest BCUT2D eigenvalue weighted by Gasteiger charge is 2.59. The van der Waals surface area contributed by atoms with E-state index >= 15 is 0 Å². The van der Waals surface area contributed by atoms with E-state index in [-0.39, 0.29) is 37.6 Å². The Labute approximate surface area is 160 Å². The molecule has 26 heavy (non-hydrogen) atoms. The average molecular weight is 421 g/mol. The maximum atomic E-state index is 13.9. The quantitative estimate of drug-likeness (QED) is 0.721. The van der Waals surface area contributed by atoms with E-state index in [2.05, 4.69) is 10.5 Å². The molecule has 0 saturated carbocycles. The van der Waals surface area contributed by atoms with Gasteiger partial charge in [0.25, 0.3) is 0 Å². The Bertz CT molecular complexity index is 936. The van der Waals surface area contributed by atoms with Crippen LogP contribution in [0.5, 0.6) is 0 Å². The Balaban J connectivity index is 2.14. The molecule has 0 radical (unpaired) electrons. The molecule has 0 spiro atoms. The summed E-state index contributed by atoms with van der Waals surface area (Å²) in [5.41, 5.74) is -0.700. The van der Waals surface area contributed by atoms with Gasteiger partial charge in [0.1, 0.15) is 6.07 Å². The van der Waals surface area contributed by atoms with Crippen molar-refractivity contribution in [3.8, 4) is 6.07 Å². The number of aromatic nitrogens is 1. The van der Waals surface area contributed by atoms with Gasteiger partial charge in [0.2, 0.25) is 5.60 Å². The predicted octanol–water partition coefficient (Wildman–Crippen LogP) is 5.25. The van der Waals surface area contributed by atoms with Crippen LogP contribution >= 0.6 is 34.8 Å². The number of nitrogens with zero attached hydrogens (tertiary/aromatic N) is 2. The van der Waals surface area contributed by atoms with Gasteiger partial charge in [-0.25, -0.2) is 4.98 Å². The van der Waals surface area contributed by atoms with Crippen LogP contribution in [0.2, 0.25) is 15.1 Å². The van der Waals surface area contributed by atoms with E-state index in [1.54, 1.807) is 6.07 Å². The molecule has 134 valence electrons. The summed E-state index contributed by atoms with van der Waals surface area (Å²) in [4.78, 5) is 8.74. The summed E-state index contributed by atoms with van der Waals surface area (Å²) >= 11 is 17.6. The van der Waals surface area contributed by atoms with Crippen molar-refractivity contribution in [3.05, 3.63) is 68.4 Å². The van der Waals surface area contributed by atoms with Gasteiger partial charge < -0.3 is 0 Å². The summed E-state index contributed by atoms with van der Waals surface area (Å²) in [7, 11) is 0. The van der Waals surface area contributed by atoms with E-state index < -0.39 is 11.8 Å². The average Bonchev–Trinajstić information content (AvgIpc) is 3.00. The van der Waals surface area contributed by atoms with Gasteiger partial charge in [-0.3, -0.25) is 10.3 Å². The summed E-state index contributed by atoms with van der Waals surface area (Å²) in [6.07, 6.45) is -2.77. The zero-order chi connectivity index (χ0) is 19.1. The van der Waals surface area contributed by atoms with Crippen LogP contribution in [-0.4, -0.2) is 11.2 Å². The smallest absolute Gasteiger partial charge is 0.265 e. The van der Waals surface area contributed by atoms with Gasteiger partial charge in [0.15, 0.2) is 5.69 Å². The van der Waals surface area contributed by atoms with E-state index in [0.717, 1.165) is 18.2 Å². The van der Waals surface area contributed by atoms with E-state index in [0.29, 0.717) is 0 Å². The molecular formula is C16H7Cl3F3N3O. The van der Waals surface area contributed by atoms with Gasteiger partial charge in [-0.1, -0.05) is 34.8 Å². The first kappa shape index (κ1) is 18.8. The van der Waals surface area contributed by atoms with Crippen molar-refractivity contribution in [2.75, 3.05) is 0 Å². The van der Waals surface area contributed by atoms with E-state index in [9.17, 15) is 13.2 Å². The molecule has 0 saturated heterocycles. The van der Waals surface area contributed by atoms with E-state index in [1.807, 2.05) is 0 Å². The molecule has 2 aromatic rings. The van der Waals surface area contributed by atoms with E-state index in [4.69, 9.17) is 44.9 Å². The first-order valence-corrected chi connectivity index (χ1v) is 8.06. The highest BCUT2D eigenvalue weighted by Crippen LogP contribution is 2.48. The van der Waals surface area contributed by atoms with Gasteiger partial charge in [-0.2, -0.15) is 18.4 Å². The first-order valence-electron chi connectivity index (χ1n) is 6.92. The number of nitrogens with one attached hydrogen (secondary N) is 1. The minimum atomic E-state index is -4.82. The topological polar surface area (TPSA) is 57.9 Å². The Kier molecular flexibility index (Phi) is 4.80. The lowest BCUT2D eigenvalue weighted by Gasteiger charge is -2.28. The SMILES string of the molecule is N#Cc1ncc(C2=CC(c3cc(Cl)cc(Cl)c3)(C(F)(F)F)ON2)cc1Cl. The lowest BCUT2D eigenvalue weighted by atomic mass is 9.91. The molecule has 0 bridgehead atoms. The largest absolute Gasteiger partial charge is 0.428 e. The number of alkyl halides is 3. The van der Waals surface area contributed by atoms with Crippen LogP contribution in [0, 0.1) is 11.3 Å². The number of hydroxylamine groups is 1. The van der Waals surface area contributed by atoms with Gasteiger partial charge in [0, 0.05) is 27.4 Å². The Morgan fingerprint density at radius 2 is 1.77 bits per heavy atom. The van der Waals surface area contributed by atoms with Crippen LogP contribution < -0.4 is 5.48 Å². The maximum absolute atomic E-state index is 13.9. The third-order valence-corrected chi connectivity index (χ3v) is 4.36. The van der Waals surface area contributed by atoms with Crippen LogP contribution in [0.1, 0.15) is 16.8 Å². The number of benzene rings is 1. The molecule has 0 fully saturated rings. The lowest BCUT2D eigenvalue weighted by molar-refractivity contribution is -0.269. The lowest BCUT2D eigenvalue weighted by Crippen LogP contribution is -2.42. The molecule has 1 aromatic carbocycles. The second-order valence-corrected chi connectivity index (χ2v) is 6.60. The molecular weight excluding hydrogens is 414 g/mol. The van der Waals surface area contributed by atoms with Crippen molar-refractivity contribution in [2.45, 2.75) is 11.8 Å². The molecule has 1 aliphatic heterocycles. The highest BCUT2D eigenvalue weighted by atomic mass is 35.5. The molecule has 3 rings (SSSR count). The molecule has 1 aromatic heterocycles. The minimum absolute atomic E-state index is 0.00279. The number of hydrogen-bond donors (Lipinski definition) is 1. The molecule has 4 nitrogen and oxygen atoms in total. The van der Waals surface area contributed by atoms with Crippen molar-refractivity contribution in [1.29, 1.82) is 5.26 Å². The number of pyridine rings is 1. The van der Waals surface area contributed by atoms with Gasteiger partial charge in [-0.05, 0) is 30.3 Å². The highest BCUT2D eigenvalue weighted by molar-refractivity contribution is 6.34. The number of hydrogen-bond acceptors (Lipinski definition) is 4. The Morgan fingerprint density at radius 3 is 2.31 bits per heavy atom. The standard InChI is InChI=1S/C16H7Cl3F3N3O/c17-10-2-9(3-11(18)4-10)15(16(20,21)22)5-13(25-26-15)8-1-12(19)14(6-23)24-7-8/h1-5,7,25H. The summed E-state index contributed by atoms with van der Waals surface area (Å²) in [6.45, 7) is 0. The zero-order valence-corrected chi connectivity index (χ0v) is 14.8. The summed E-state index contributed by atoms with van der Waals surface area (Å²) in [5.74, 6) is 0. The fraction of sp³-hybridized carbons (Fsp3) is 0.125. The molecule has 10 heteroatoms. The van der Waals surface area contributed by atoms with Crippen LogP contribution in [0.15, 0.2) is 36.5 Å². The van der Waals surface area contributed by atoms with Crippen LogP contribution in [0.25, 0.3) is 5.70 Å². The van der Waals surface area contributed by atoms with Crippen LogP contribution in [-0.2, 0) is 10.4 Å². The molecule has 1 unspecified atom stereocenters. The number of rotatable bonds is 2. The predicted molar refractivity (Wildman–Crippen MR) is 90.4 cm³/mol. The van der Waals surface area contributed by atoms with Gasteiger partial charge >= 0.3 is 6.18 Å². The second kappa shape index (κ2) is 6.63. The van der Waals surface area contributed by atoms with Crippen molar-refractivity contribution in [3.63, 3.8) is 0 Å². The second-order valence-electron chi connectivity index (χ2n) is 5.32. The van der Waals surface area contributed by atoms with Crippen LogP contribution in [0.3, 0.4) is 0 Å². The molecule has 1 aliphatic rings.